The lowest BCUT2D eigenvalue weighted by atomic mass is 10.0. The fraction of sp³-hybridized carbons (Fsp3) is 0.692. The van der Waals surface area contributed by atoms with Crippen LogP contribution in [0.5, 0.6) is 0 Å². The summed E-state index contributed by atoms with van der Waals surface area (Å²) in [5, 5.41) is 0. The van der Waals surface area contributed by atoms with E-state index in [1.807, 2.05) is 6.92 Å². The standard InChI is InChI=1S/C13H21NO3/c1-3-8-14(10-13(16)17-2)12(15)9-11-6-4-5-7-11/h4,6,11H,3,5,7-10H2,1-2H3. The largest absolute Gasteiger partial charge is 0.468 e. The highest BCUT2D eigenvalue weighted by Crippen LogP contribution is 2.21. The summed E-state index contributed by atoms with van der Waals surface area (Å²) in [5.74, 6) is 0.0436. The van der Waals surface area contributed by atoms with Crippen molar-refractivity contribution >= 4 is 11.9 Å². The molecule has 0 fully saturated rings. The molecule has 1 amide bonds. The number of rotatable bonds is 6. The van der Waals surface area contributed by atoms with E-state index in [4.69, 9.17) is 0 Å². The zero-order valence-corrected chi connectivity index (χ0v) is 10.6. The Labute approximate surface area is 103 Å². The maximum absolute atomic E-state index is 12.0. The molecule has 0 bridgehead atoms. The van der Waals surface area contributed by atoms with Crippen molar-refractivity contribution in [3.05, 3.63) is 12.2 Å². The van der Waals surface area contributed by atoms with Gasteiger partial charge < -0.3 is 9.64 Å². The quantitative estimate of drug-likeness (QED) is 0.524. The third kappa shape index (κ3) is 4.59. The van der Waals surface area contributed by atoms with E-state index in [1.54, 1.807) is 4.90 Å². The molecule has 0 N–H and O–H groups in total. The van der Waals surface area contributed by atoms with Crippen LogP contribution in [-0.2, 0) is 14.3 Å². The van der Waals surface area contributed by atoms with Gasteiger partial charge in [0.25, 0.3) is 0 Å². The lowest BCUT2D eigenvalue weighted by Gasteiger charge is -2.22. The molecule has 0 spiro atoms. The van der Waals surface area contributed by atoms with Gasteiger partial charge in [-0.25, -0.2) is 0 Å². The normalized spacial score (nSPS) is 18.1. The van der Waals surface area contributed by atoms with Gasteiger partial charge in [-0.3, -0.25) is 9.59 Å². The highest BCUT2D eigenvalue weighted by atomic mass is 16.5. The molecule has 96 valence electrons. The second-order valence-electron chi connectivity index (χ2n) is 4.36. The summed E-state index contributed by atoms with van der Waals surface area (Å²) in [6.45, 7) is 2.68. The van der Waals surface area contributed by atoms with Gasteiger partial charge >= 0.3 is 5.97 Å². The Bertz CT molecular complexity index is 299. The molecular weight excluding hydrogens is 218 g/mol. The predicted octanol–water partition coefficient (Wildman–Crippen LogP) is 1.75. The molecule has 0 aromatic rings. The van der Waals surface area contributed by atoms with Crippen molar-refractivity contribution in [3.8, 4) is 0 Å². The molecule has 0 aromatic heterocycles. The first-order valence-electron chi connectivity index (χ1n) is 6.18. The topological polar surface area (TPSA) is 46.6 Å². The Balaban J connectivity index is 2.46. The minimum absolute atomic E-state index is 0.0498. The van der Waals surface area contributed by atoms with Crippen LogP contribution in [0.25, 0.3) is 0 Å². The van der Waals surface area contributed by atoms with Gasteiger partial charge in [0, 0.05) is 13.0 Å². The van der Waals surface area contributed by atoms with Crippen LogP contribution in [0.4, 0.5) is 0 Å². The molecule has 4 heteroatoms. The molecule has 4 nitrogen and oxygen atoms in total. The molecule has 1 atom stereocenters. The van der Waals surface area contributed by atoms with Crippen molar-refractivity contribution in [1.29, 1.82) is 0 Å². The summed E-state index contributed by atoms with van der Waals surface area (Å²) in [4.78, 5) is 24.8. The highest BCUT2D eigenvalue weighted by Gasteiger charge is 2.20. The van der Waals surface area contributed by atoms with E-state index >= 15 is 0 Å². The van der Waals surface area contributed by atoms with Crippen LogP contribution in [0.3, 0.4) is 0 Å². The number of nitrogens with zero attached hydrogens (tertiary/aromatic N) is 1. The van der Waals surface area contributed by atoms with E-state index in [9.17, 15) is 9.59 Å². The Morgan fingerprint density at radius 3 is 2.76 bits per heavy atom. The van der Waals surface area contributed by atoms with Crippen LogP contribution >= 0.6 is 0 Å². The maximum Gasteiger partial charge on any atom is 0.325 e. The van der Waals surface area contributed by atoms with Gasteiger partial charge in [-0.15, -0.1) is 0 Å². The fourth-order valence-corrected chi connectivity index (χ4v) is 2.00. The van der Waals surface area contributed by atoms with Crippen LogP contribution in [0.1, 0.15) is 32.6 Å². The van der Waals surface area contributed by atoms with Crippen LogP contribution in [0.2, 0.25) is 0 Å². The third-order valence-electron chi connectivity index (χ3n) is 2.94. The van der Waals surface area contributed by atoms with Crippen LogP contribution in [0, 0.1) is 5.92 Å². The SMILES string of the molecule is CCCN(CC(=O)OC)C(=O)CC1C=CCC1. The molecule has 0 saturated carbocycles. The van der Waals surface area contributed by atoms with E-state index < -0.39 is 0 Å². The summed E-state index contributed by atoms with van der Waals surface area (Å²) in [7, 11) is 1.34. The summed E-state index contributed by atoms with van der Waals surface area (Å²) in [6, 6.07) is 0. The number of methoxy groups -OCH3 is 1. The van der Waals surface area contributed by atoms with E-state index in [-0.39, 0.29) is 18.4 Å². The number of allylic oxidation sites excluding steroid dienone is 2. The van der Waals surface area contributed by atoms with E-state index in [0.717, 1.165) is 19.3 Å². The summed E-state index contributed by atoms with van der Waals surface area (Å²) < 4.78 is 4.60. The van der Waals surface area contributed by atoms with E-state index in [0.29, 0.717) is 18.9 Å². The zero-order chi connectivity index (χ0) is 12.7. The highest BCUT2D eigenvalue weighted by molar-refractivity contribution is 5.82. The molecule has 0 radical (unpaired) electrons. The number of carbonyl (C=O) groups excluding carboxylic acids is 2. The monoisotopic (exact) mass is 239 g/mol. The molecule has 0 heterocycles. The van der Waals surface area contributed by atoms with Crippen LogP contribution < -0.4 is 0 Å². The lowest BCUT2D eigenvalue weighted by Crippen LogP contribution is -2.37. The average Bonchev–Trinajstić information content (AvgIpc) is 2.81. The molecule has 1 rings (SSSR count). The first-order chi connectivity index (χ1) is 8.17. The first-order valence-corrected chi connectivity index (χ1v) is 6.18. The minimum atomic E-state index is -0.353. The van der Waals surface area contributed by atoms with Crippen molar-refractivity contribution in [3.63, 3.8) is 0 Å². The number of amides is 1. The summed E-state index contributed by atoms with van der Waals surface area (Å²) in [5.41, 5.74) is 0. The maximum atomic E-state index is 12.0. The smallest absolute Gasteiger partial charge is 0.325 e. The van der Waals surface area contributed by atoms with Gasteiger partial charge in [-0.1, -0.05) is 19.1 Å². The first kappa shape index (κ1) is 13.7. The second kappa shape index (κ2) is 7.09. The molecule has 0 aromatic carbocycles. The molecule has 1 aliphatic carbocycles. The van der Waals surface area contributed by atoms with Crippen molar-refractivity contribution < 1.29 is 14.3 Å². The number of ether oxygens (including phenoxy) is 1. The molecule has 17 heavy (non-hydrogen) atoms. The zero-order valence-electron chi connectivity index (χ0n) is 10.6. The Morgan fingerprint density at radius 2 is 2.24 bits per heavy atom. The summed E-state index contributed by atoms with van der Waals surface area (Å²) in [6.07, 6.45) is 7.67. The molecule has 0 aliphatic heterocycles. The number of hydrogen-bond acceptors (Lipinski definition) is 3. The lowest BCUT2D eigenvalue weighted by molar-refractivity contribution is -0.147. The Hall–Kier alpha value is -1.32. The number of esters is 1. The van der Waals surface area contributed by atoms with Crippen molar-refractivity contribution in [2.45, 2.75) is 32.6 Å². The van der Waals surface area contributed by atoms with Gasteiger partial charge in [0.2, 0.25) is 5.91 Å². The minimum Gasteiger partial charge on any atom is -0.468 e. The van der Waals surface area contributed by atoms with Gasteiger partial charge in [0.1, 0.15) is 6.54 Å². The van der Waals surface area contributed by atoms with E-state index in [1.165, 1.54) is 7.11 Å². The molecule has 0 saturated heterocycles. The van der Waals surface area contributed by atoms with Crippen molar-refractivity contribution in [2.24, 2.45) is 5.92 Å². The molecule has 1 unspecified atom stereocenters. The summed E-state index contributed by atoms with van der Waals surface area (Å²) >= 11 is 0. The third-order valence-corrected chi connectivity index (χ3v) is 2.94. The van der Waals surface area contributed by atoms with Gasteiger partial charge in [0.15, 0.2) is 0 Å². The molecule has 1 aliphatic rings. The Morgan fingerprint density at radius 1 is 1.47 bits per heavy atom. The average molecular weight is 239 g/mol. The number of hydrogen-bond donors (Lipinski definition) is 0. The van der Waals surface area contributed by atoms with Crippen LogP contribution in [0.15, 0.2) is 12.2 Å². The van der Waals surface area contributed by atoms with E-state index in [2.05, 4.69) is 16.9 Å². The van der Waals surface area contributed by atoms with Crippen molar-refractivity contribution in [2.75, 3.05) is 20.2 Å². The number of carbonyl (C=O) groups is 2. The van der Waals surface area contributed by atoms with Gasteiger partial charge in [0.05, 0.1) is 7.11 Å². The predicted molar refractivity (Wildman–Crippen MR) is 65.4 cm³/mol. The van der Waals surface area contributed by atoms with Crippen molar-refractivity contribution in [1.82, 2.24) is 4.90 Å². The van der Waals surface area contributed by atoms with Crippen LogP contribution in [-0.4, -0.2) is 37.0 Å². The Kier molecular flexibility index (Phi) is 5.73. The second-order valence-corrected chi connectivity index (χ2v) is 4.36. The van der Waals surface area contributed by atoms with Gasteiger partial charge in [-0.2, -0.15) is 0 Å². The van der Waals surface area contributed by atoms with Gasteiger partial charge in [-0.05, 0) is 25.2 Å². The fourth-order valence-electron chi connectivity index (χ4n) is 2.00. The molecular formula is C13H21NO3.